The van der Waals surface area contributed by atoms with Crippen molar-refractivity contribution < 1.29 is 9.47 Å². The Labute approximate surface area is 223 Å². The third-order valence-electron chi connectivity index (χ3n) is 9.28. The van der Waals surface area contributed by atoms with Crippen molar-refractivity contribution in [2.45, 2.75) is 0 Å². The topological polar surface area (TPSA) is 36.3 Å². The number of hydrogen-bond acceptors (Lipinski definition) is 3. The molecule has 176 valence electrons. The van der Waals surface area contributed by atoms with Crippen molar-refractivity contribution in [3.05, 3.63) is 97.1 Å². The molecule has 2 aromatic heterocycles. The van der Waals surface area contributed by atoms with Crippen LogP contribution in [0.5, 0.6) is 23.0 Å². The number of para-hydroxylation sites is 4. The molecule has 6 heterocycles. The molecule has 7 aromatic rings. The lowest BCUT2D eigenvalue weighted by Crippen LogP contribution is -2.65. The molecule has 0 fully saturated rings. The van der Waals surface area contributed by atoms with Gasteiger partial charge in [0.1, 0.15) is 23.0 Å². The van der Waals surface area contributed by atoms with Crippen LogP contribution in [-0.2, 0) is 0 Å². The summed E-state index contributed by atoms with van der Waals surface area (Å²) in [5, 5.41) is 2.40. The highest BCUT2D eigenvalue weighted by molar-refractivity contribution is 7.04. The van der Waals surface area contributed by atoms with Gasteiger partial charge >= 0.3 is 0 Å². The van der Waals surface area contributed by atoms with Crippen molar-refractivity contribution in [1.82, 2.24) is 9.55 Å². The molecule has 4 nitrogen and oxygen atoms in total. The van der Waals surface area contributed by atoms with Gasteiger partial charge in [0, 0.05) is 17.1 Å². The smallest absolute Gasteiger partial charge is 0.257 e. The molecular weight excluding hydrogens is 478 g/mol. The van der Waals surface area contributed by atoms with Gasteiger partial charge in [0.05, 0.1) is 22.1 Å². The second-order valence-corrected chi connectivity index (χ2v) is 11.0. The Morgan fingerprint density at radius 1 is 0.538 bits per heavy atom. The zero-order chi connectivity index (χ0) is 25.0. The quantitative estimate of drug-likeness (QED) is 0.304. The molecule has 0 spiro atoms. The predicted molar refractivity (Wildman–Crippen MR) is 158 cm³/mol. The maximum Gasteiger partial charge on any atom is 0.257 e. The van der Waals surface area contributed by atoms with Crippen molar-refractivity contribution in [2.24, 2.45) is 0 Å². The predicted octanol–water partition coefficient (Wildman–Crippen LogP) is 3.20. The van der Waals surface area contributed by atoms with E-state index >= 15 is 0 Å². The van der Waals surface area contributed by atoms with Crippen LogP contribution in [0.3, 0.4) is 0 Å². The number of pyridine rings is 1. The van der Waals surface area contributed by atoms with Crippen molar-refractivity contribution >= 4 is 79.0 Å². The first-order valence-corrected chi connectivity index (χ1v) is 13.5. The molecule has 0 saturated heterocycles. The third-order valence-corrected chi connectivity index (χ3v) is 9.28. The normalized spacial score (nSPS) is 14.5. The molecule has 4 aliphatic rings. The van der Waals surface area contributed by atoms with E-state index < -0.39 is 0 Å². The minimum absolute atomic E-state index is 0.0387. The summed E-state index contributed by atoms with van der Waals surface area (Å²) in [6, 6.07) is 34.4. The van der Waals surface area contributed by atoms with Crippen LogP contribution in [0, 0.1) is 0 Å². The lowest BCUT2D eigenvalue weighted by molar-refractivity contribution is 0.465. The number of nitrogens with zero attached hydrogens (tertiary/aromatic N) is 2. The van der Waals surface area contributed by atoms with Gasteiger partial charge in [0.2, 0.25) is 0 Å². The van der Waals surface area contributed by atoms with Crippen molar-refractivity contribution in [1.29, 1.82) is 0 Å². The highest BCUT2D eigenvalue weighted by Gasteiger charge is 2.49. The zero-order valence-electron chi connectivity index (χ0n) is 20.6. The van der Waals surface area contributed by atoms with Gasteiger partial charge in [-0.25, -0.2) is 4.98 Å². The van der Waals surface area contributed by atoms with Crippen LogP contribution in [0.1, 0.15) is 0 Å². The molecule has 11 rings (SSSR count). The van der Waals surface area contributed by atoms with E-state index in [-0.39, 0.29) is 13.4 Å². The van der Waals surface area contributed by atoms with Gasteiger partial charge in [-0.1, -0.05) is 72.8 Å². The summed E-state index contributed by atoms with van der Waals surface area (Å²) in [5.74, 6) is 3.58. The second-order valence-electron chi connectivity index (χ2n) is 11.0. The van der Waals surface area contributed by atoms with Crippen LogP contribution in [0.4, 0.5) is 0 Å². The SMILES string of the molecule is c1ccc2c(c1)Oc1cc3c4c5c1B2c1cccc2c6nc7ccccc7c(c6n-5c12)B4c1ccccc1O3. The van der Waals surface area contributed by atoms with Gasteiger partial charge in [-0.2, -0.15) is 0 Å². The molecule has 0 N–H and O–H groups in total. The van der Waals surface area contributed by atoms with Gasteiger partial charge in [0.15, 0.2) is 0 Å². The van der Waals surface area contributed by atoms with Gasteiger partial charge in [-0.15, -0.1) is 0 Å². The molecule has 0 unspecified atom stereocenters. The summed E-state index contributed by atoms with van der Waals surface area (Å²) >= 11 is 0. The van der Waals surface area contributed by atoms with E-state index in [1.807, 2.05) is 0 Å². The van der Waals surface area contributed by atoms with E-state index in [9.17, 15) is 0 Å². The van der Waals surface area contributed by atoms with Crippen LogP contribution in [-0.4, -0.2) is 23.0 Å². The van der Waals surface area contributed by atoms with Crippen molar-refractivity contribution in [3.8, 4) is 28.7 Å². The molecule has 0 atom stereocenters. The van der Waals surface area contributed by atoms with Gasteiger partial charge < -0.3 is 14.0 Å². The largest absolute Gasteiger partial charge is 0.458 e. The molecule has 0 amide bonds. The number of ether oxygens (including phenoxy) is 2. The Hall–Kier alpha value is -4.96. The monoisotopic (exact) mass is 494 g/mol. The number of rotatable bonds is 0. The van der Waals surface area contributed by atoms with Crippen molar-refractivity contribution in [2.75, 3.05) is 0 Å². The average molecular weight is 494 g/mol. The van der Waals surface area contributed by atoms with Crippen molar-refractivity contribution in [3.63, 3.8) is 0 Å². The summed E-state index contributed by atoms with van der Waals surface area (Å²) in [6.07, 6.45) is 0. The Morgan fingerprint density at radius 3 is 2.00 bits per heavy atom. The first-order valence-electron chi connectivity index (χ1n) is 13.5. The van der Waals surface area contributed by atoms with E-state index in [1.54, 1.807) is 0 Å². The minimum Gasteiger partial charge on any atom is -0.458 e. The highest BCUT2D eigenvalue weighted by atomic mass is 16.5. The highest BCUT2D eigenvalue weighted by Crippen LogP contribution is 2.42. The molecule has 39 heavy (non-hydrogen) atoms. The zero-order valence-corrected chi connectivity index (χ0v) is 20.6. The molecule has 0 aliphatic carbocycles. The fraction of sp³-hybridized carbons (Fsp3) is 0. The van der Waals surface area contributed by atoms with Gasteiger partial charge in [0.25, 0.3) is 13.4 Å². The molecule has 0 radical (unpaired) electrons. The van der Waals surface area contributed by atoms with E-state index in [4.69, 9.17) is 14.5 Å². The summed E-state index contributed by atoms with van der Waals surface area (Å²) < 4.78 is 15.8. The molecule has 6 heteroatoms. The van der Waals surface area contributed by atoms with E-state index in [0.29, 0.717) is 0 Å². The second kappa shape index (κ2) is 6.19. The maximum absolute atomic E-state index is 6.69. The third kappa shape index (κ3) is 2.00. The summed E-state index contributed by atoms with van der Waals surface area (Å²) in [6.45, 7) is 0.122. The Balaban J connectivity index is 1.47. The number of hydrogen-bond donors (Lipinski definition) is 0. The van der Waals surface area contributed by atoms with Gasteiger partial charge in [-0.05, 0) is 56.4 Å². The molecule has 0 saturated carbocycles. The Kier molecular flexibility index (Phi) is 3.04. The van der Waals surface area contributed by atoms with Crippen LogP contribution in [0.15, 0.2) is 97.1 Å². The fourth-order valence-corrected chi connectivity index (χ4v) is 7.92. The molecule has 5 aromatic carbocycles. The Bertz CT molecular complexity index is 2320. The molecule has 0 bridgehead atoms. The number of aromatic nitrogens is 2. The summed E-state index contributed by atoms with van der Waals surface area (Å²) in [7, 11) is 0. The minimum atomic E-state index is 0.0387. The summed E-state index contributed by atoms with van der Waals surface area (Å²) in [5.41, 5.74) is 13.3. The fourth-order valence-electron chi connectivity index (χ4n) is 7.92. The molecular formula is C33H16B2N2O2. The average Bonchev–Trinajstić information content (AvgIpc) is 3.32. The number of benzene rings is 5. The maximum atomic E-state index is 6.69. The lowest BCUT2D eigenvalue weighted by atomic mass is 9.30. The molecule has 4 aliphatic heterocycles. The Morgan fingerprint density at radius 2 is 1.18 bits per heavy atom. The lowest BCUT2D eigenvalue weighted by Gasteiger charge is -2.40. The standard InChI is InChI=1S/C33H16B2N2O2/c1-4-13-22-17(8-1)27-33-30(36-22)18-9-7-12-21-31(18)37(33)32-28-25(38-23-14-5-2-10-19(23)34(21)28)16-26-29(32)35(27)20-11-3-6-15-24(20)39-26/h1-16H. The summed E-state index contributed by atoms with van der Waals surface area (Å²) in [4.78, 5) is 5.32. The van der Waals surface area contributed by atoms with E-state index in [2.05, 4.69) is 102 Å². The van der Waals surface area contributed by atoms with Crippen LogP contribution in [0.25, 0.3) is 38.5 Å². The van der Waals surface area contributed by atoms with Crippen LogP contribution < -0.4 is 42.3 Å². The van der Waals surface area contributed by atoms with E-state index in [0.717, 1.165) is 34.0 Å². The van der Waals surface area contributed by atoms with Gasteiger partial charge in [-0.3, -0.25) is 0 Å². The van der Waals surface area contributed by atoms with E-state index in [1.165, 1.54) is 60.3 Å². The number of fused-ring (bicyclic) bond motifs is 9. The van der Waals surface area contributed by atoms with Crippen LogP contribution in [0.2, 0.25) is 0 Å². The first kappa shape index (κ1) is 19.2. The van der Waals surface area contributed by atoms with Crippen LogP contribution >= 0.6 is 0 Å². The first-order chi connectivity index (χ1) is 19.4.